The van der Waals surface area contributed by atoms with Gasteiger partial charge >= 0.3 is 0 Å². The summed E-state index contributed by atoms with van der Waals surface area (Å²) in [4.78, 5) is 2.48. The van der Waals surface area contributed by atoms with Gasteiger partial charge in [-0.25, -0.2) is 4.39 Å². The molecule has 1 fully saturated rings. The van der Waals surface area contributed by atoms with Gasteiger partial charge in [-0.15, -0.1) is 0 Å². The van der Waals surface area contributed by atoms with Crippen molar-refractivity contribution in [2.24, 2.45) is 0 Å². The summed E-state index contributed by atoms with van der Waals surface area (Å²) in [5, 5.41) is 3.50. The first-order valence-electron chi connectivity index (χ1n) is 7.12. The van der Waals surface area contributed by atoms with Crippen LogP contribution in [-0.2, 0) is 0 Å². The third-order valence-electron chi connectivity index (χ3n) is 3.64. The minimum absolute atomic E-state index is 0.216. The van der Waals surface area contributed by atoms with Crippen molar-refractivity contribution in [3.8, 4) is 0 Å². The van der Waals surface area contributed by atoms with Crippen LogP contribution in [0.5, 0.6) is 0 Å². The van der Waals surface area contributed by atoms with Crippen LogP contribution >= 0.6 is 15.9 Å². The molecule has 1 aliphatic rings. The fraction of sp³-hybridized carbons (Fsp3) is 0.500. The fourth-order valence-electron chi connectivity index (χ4n) is 2.39. The Bertz CT molecular complexity index is 475. The van der Waals surface area contributed by atoms with E-state index in [9.17, 15) is 4.39 Å². The Hall–Kier alpha value is -0.870. The topological polar surface area (TPSA) is 15.3 Å². The summed E-state index contributed by atoms with van der Waals surface area (Å²) < 4.78 is 13.7. The van der Waals surface area contributed by atoms with Gasteiger partial charge in [0, 0.05) is 31.4 Å². The maximum Gasteiger partial charge on any atom is 0.137 e. The third kappa shape index (κ3) is 4.60. The molecule has 0 amide bonds. The molecule has 0 atom stereocenters. The van der Waals surface area contributed by atoms with E-state index in [1.165, 1.54) is 11.6 Å². The molecule has 1 aliphatic heterocycles. The Kier molecular flexibility index (Phi) is 5.61. The molecule has 0 bridgehead atoms. The number of likely N-dealkylation sites (tertiary alicyclic amines) is 1. The Balaban J connectivity index is 1.82. The molecule has 0 unspecified atom stereocenters. The molecule has 0 spiro atoms. The Morgan fingerprint density at radius 3 is 2.70 bits per heavy atom. The summed E-state index contributed by atoms with van der Waals surface area (Å²) in [7, 11) is 0. The number of hydrogen-bond acceptors (Lipinski definition) is 2. The Morgan fingerprint density at radius 1 is 1.40 bits per heavy atom. The van der Waals surface area contributed by atoms with Crippen LogP contribution in [0.2, 0.25) is 0 Å². The summed E-state index contributed by atoms with van der Waals surface area (Å²) in [6.07, 6.45) is 4.54. The highest BCUT2D eigenvalue weighted by Gasteiger charge is 2.18. The highest BCUT2D eigenvalue weighted by molar-refractivity contribution is 9.10. The first kappa shape index (κ1) is 15.5. The van der Waals surface area contributed by atoms with Gasteiger partial charge in [0.15, 0.2) is 0 Å². The SMILES string of the molecule is CC(C)=CCN1CCC(Nc2ccc(F)c(Br)c2)CC1. The lowest BCUT2D eigenvalue weighted by molar-refractivity contribution is 0.240. The van der Waals surface area contributed by atoms with Crippen LogP contribution < -0.4 is 5.32 Å². The molecule has 1 saturated heterocycles. The van der Waals surface area contributed by atoms with Gasteiger partial charge in [-0.05, 0) is 60.8 Å². The van der Waals surface area contributed by atoms with E-state index in [4.69, 9.17) is 0 Å². The summed E-state index contributed by atoms with van der Waals surface area (Å²) in [5.74, 6) is -0.216. The molecular formula is C16H22BrFN2. The molecule has 2 rings (SSSR count). The van der Waals surface area contributed by atoms with Gasteiger partial charge in [-0.2, -0.15) is 0 Å². The Morgan fingerprint density at radius 2 is 2.10 bits per heavy atom. The van der Waals surface area contributed by atoms with Crippen LogP contribution in [0, 0.1) is 5.82 Å². The highest BCUT2D eigenvalue weighted by Crippen LogP contribution is 2.22. The van der Waals surface area contributed by atoms with Gasteiger partial charge in [0.2, 0.25) is 0 Å². The minimum atomic E-state index is -0.216. The quantitative estimate of drug-likeness (QED) is 0.815. The van der Waals surface area contributed by atoms with Crippen LogP contribution in [0.15, 0.2) is 34.3 Å². The number of anilines is 1. The molecule has 2 nitrogen and oxygen atoms in total. The predicted molar refractivity (Wildman–Crippen MR) is 86.6 cm³/mol. The van der Waals surface area contributed by atoms with E-state index in [-0.39, 0.29) is 5.82 Å². The number of piperidine rings is 1. The lowest BCUT2D eigenvalue weighted by Gasteiger charge is -2.32. The zero-order valence-corrected chi connectivity index (χ0v) is 13.7. The van der Waals surface area contributed by atoms with Crippen molar-refractivity contribution in [1.82, 2.24) is 4.90 Å². The molecule has 1 N–H and O–H groups in total. The smallest absolute Gasteiger partial charge is 0.137 e. The summed E-state index contributed by atoms with van der Waals surface area (Å²) in [6.45, 7) is 7.56. The second-order valence-corrected chi connectivity index (χ2v) is 6.48. The van der Waals surface area contributed by atoms with E-state index >= 15 is 0 Å². The average molecular weight is 341 g/mol. The van der Waals surface area contributed by atoms with Gasteiger partial charge in [0.1, 0.15) is 5.82 Å². The van der Waals surface area contributed by atoms with Gasteiger partial charge < -0.3 is 5.32 Å². The van der Waals surface area contributed by atoms with E-state index in [1.54, 1.807) is 6.07 Å². The molecule has 0 aromatic heterocycles. The molecule has 20 heavy (non-hydrogen) atoms. The van der Waals surface area contributed by atoms with Crippen LogP contribution in [-0.4, -0.2) is 30.6 Å². The number of nitrogens with zero attached hydrogens (tertiary/aromatic N) is 1. The molecule has 110 valence electrons. The maximum atomic E-state index is 13.2. The standard InChI is InChI=1S/C16H22BrFN2/c1-12(2)5-8-20-9-6-13(7-10-20)19-14-3-4-16(18)15(17)11-14/h3-5,11,13,19H,6-10H2,1-2H3. The molecule has 0 aliphatic carbocycles. The number of rotatable bonds is 4. The second kappa shape index (κ2) is 7.23. The van der Waals surface area contributed by atoms with Crippen molar-refractivity contribution in [3.05, 3.63) is 40.1 Å². The molecule has 4 heteroatoms. The lowest BCUT2D eigenvalue weighted by atomic mass is 10.0. The van der Waals surface area contributed by atoms with Crippen molar-refractivity contribution < 1.29 is 4.39 Å². The van der Waals surface area contributed by atoms with Crippen molar-refractivity contribution >= 4 is 21.6 Å². The van der Waals surface area contributed by atoms with E-state index in [0.29, 0.717) is 10.5 Å². The molecule has 1 heterocycles. The third-order valence-corrected chi connectivity index (χ3v) is 4.24. The molecular weight excluding hydrogens is 319 g/mol. The summed E-state index contributed by atoms with van der Waals surface area (Å²) in [5.41, 5.74) is 2.36. The zero-order chi connectivity index (χ0) is 14.5. The van der Waals surface area contributed by atoms with Crippen molar-refractivity contribution in [1.29, 1.82) is 0 Å². The molecule has 1 aromatic rings. The molecule has 0 saturated carbocycles. The average Bonchev–Trinajstić information content (AvgIpc) is 2.42. The van der Waals surface area contributed by atoms with Crippen molar-refractivity contribution in [2.45, 2.75) is 32.7 Å². The van der Waals surface area contributed by atoms with E-state index in [2.05, 4.69) is 46.1 Å². The van der Waals surface area contributed by atoms with Crippen LogP contribution in [0.1, 0.15) is 26.7 Å². The van der Waals surface area contributed by atoms with Crippen LogP contribution in [0.4, 0.5) is 10.1 Å². The first-order chi connectivity index (χ1) is 9.54. The van der Waals surface area contributed by atoms with Gasteiger partial charge in [-0.3, -0.25) is 4.90 Å². The van der Waals surface area contributed by atoms with Gasteiger partial charge in [-0.1, -0.05) is 11.6 Å². The minimum Gasteiger partial charge on any atom is -0.382 e. The van der Waals surface area contributed by atoms with E-state index < -0.39 is 0 Å². The predicted octanol–water partition coefficient (Wildman–Crippen LogP) is 4.43. The second-order valence-electron chi connectivity index (χ2n) is 5.63. The zero-order valence-electron chi connectivity index (χ0n) is 12.1. The van der Waals surface area contributed by atoms with Gasteiger partial charge in [0.25, 0.3) is 0 Å². The number of nitrogens with one attached hydrogen (secondary N) is 1. The fourth-order valence-corrected chi connectivity index (χ4v) is 2.77. The largest absolute Gasteiger partial charge is 0.382 e. The van der Waals surface area contributed by atoms with Gasteiger partial charge in [0.05, 0.1) is 4.47 Å². The van der Waals surface area contributed by atoms with Crippen molar-refractivity contribution in [3.63, 3.8) is 0 Å². The van der Waals surface area contributed by atoms with E-state index in [0.717, 1.165) is 38.2 Å². The van der Waals surface area contributed by atoms with Crippen molar-refractivity contribution in [2.75, 3.05) is 25.0 Å². The number of allylic oxidation sites excluding steroid dienone is 1. The monoisotopic (exact) mass is 340 g/mol. The number of halogens is 2. The lowest BCUT2D eigenvalue weighted by Crippen LogP contribution is -2.39. The van der Waals surface area contributed by atoms with Crippen LogP contribution in [0.25, 0.3) is 0 Å². The summed E-state index contributed by atoms with van der Waals surface area (Å²) >= 11 is 3.22. The molecule has 0 radical (unpaired) electrons. The highest BCUT2D eigenvalue weighted by atomic mass is 79.9. The van der Waals surface area contributed by atoms with E-state index in [1.807, 2.05) is 6.07 Å². The molecule has 1 aromatic carbocycles. The number of benzene rings is 1. The summed E-state index contributed by atoms with van der Waals surface area (Å²) in [6, 6.07) is 5.59. The Labute approximate surface area is 129 Å². The van der Waals surface area contributed by atoms with Crippen LogP contribution in [0.3, 0.4) is 0 Å². The number of hydrogen-bond donors (Lipinski definition) is 1. The normalized spacial score (nSPS) is 17.0. The first-order valence-corrected chi connectivity index (χ1v) is 7.91. The maximum absolute atomic E-state index is 13.2.